The van der Waals surface area contributed by atoms with Crippen LogP contribution in [0.5, 0.6) is 0 Å². The topological polar surface area (TPSA) is 99.6 Å². The predicted octanol–water partition coefficient (Wildman–Crippen LogP) is 0.992. The molecule has 0 aromatic carbocycles. The van der Waals surface area contributed by atoms with Gasteiger partial charge in [-0.05, 0) is 39.8 Å². The molecular formula is C12H19N3O4S2. The summed E-state index contributed by atoms with van der Waals surface area (Å²) in [6.07, 6.45) is 1.44. The highest BCUT2D eigenvalue weighted by molar-refractivity contribution is 7.91. The van der Waals surface area contributed by atoms with Crippen LogP contribution >= 0.6 is 11.3 Å². The van der Waals surface area contributed by atoms with Crippen molar-refractivity contribution in [3.05, 3.63) is 11.2 Å². The first-order chi connectivity index (χ1) is 9.81. The van der Waals surface area contributed by atoms with Gasteiger partial charge in [-0.15, -0.1) is 11.3 Å². The summed E-state index contributed by atoms with van der Waals surface area (Å²) in [5, 5.41) is 8.96. The number of aromatic nitrogens is 1. The van der Waals surface area contributed by atoms with E-state index in [1.807, 2.05) is 0 Å². The third kappa shape index (κ3) is 3.79. The summed E-state index contributed by atoms with van der Waals surface area (Å²) in [4.78, 5) is 16.9. The first-order valence-corrected chi connectivity index (χ1v) is 9.10. The zero-order chi connectivity index (χ0) is 15.6. The van der Waals surface area contributed by atoms with Gasteiger partial charge in [-0.2, -0.15) is 0 Å². The molecule has 0 aliphatic carbocycles. The second-order valence-electron chi connectivity index (χ2n) is 5.32. The molecule has 9 heteroatoms. The Morgan fingerprint density at radius 3 is 2.62 bits per heavy atom. The third-order valence-electron chi connectivity index (χ3n) is 3.56. The number of piperidine rings is 1. The molecule has 0 spiro atoms. The molecule has 21 heavy (non-hydrogen) atoms. The number of nitrogens with zero attached hydrogens (tertiary/aromatic N) is 2. The van der Waals surface area contributed by atoms with Crippen LogP contribution in [0.15, 0.2) is 9.72 Å². The SMILES string of the molecule is CC(C)N1CCC(NS(=O)(=O)c2scnc2C(=O)O)CC1. The van der Waals surface area contributed by atoms with Gasteiger partial charge in [0, 0.05) is 12.1 Å². The number of likely N-dealkylation sites (tertiary alicyclic amines) is 1. The Labute approximate surface area is 128 Å². The van der Waals surface area contributed by atoms with Crippen molar-refractivity contribution in [2.24, 2.45) is 0 Å². The van der Waals surface area contributed by atoms with Gasteiger partial charge in [-0.25, -0.2) is 22.9 Å². The van der Waals surface area contributed by atoms with Gasteiger partial charge in [0.05, 0.1) is 5.51 Å². The average molecular weight is 333 g/mol. The fraction of sp³-hybridized carbons (Fsp3) is 0.667. The fourth-order valence-electron chi connectivity index (χ4n) is 2.38. The van der Waals surface area contributed by atoms with Gasteiger partial charge in [0.15, 0.2) is 9.90 Å². The molecule has 1 fully saturated rings. The molecular weight excluding hydrogens is 314 g/mol. The summed E-state index contributed by atoms with van der Waals surface area (Å²) in [5.74, 6) is -1.33. The van der Waals surface area contributed by atoms with Crippen molar-refractivity contribution in [1.82, 2.24) is 14.6 Å². The Morgan fingerprint density at radius 1 is 1.48 bits per heavy atom. The van der Waals surface area contributed by atoms with E-state index in [1.165, 1.54) is 5.51 Å². The molecule has 0 radical (unpaired) electrons. The average Bonchev–Trinajstić information content (AvgIpc) is 2.89. The number of carboxylic acids is 1. The minimum absolute atomic E-state index is 0.159. The van der Waals surface area contributed by atoms with E-state index in [4.69, 9.17) is 5.11 Å². The van der Waals surface area contributed by atoms with E-state index in [0.29, 0.717) is 6.04 Å². The van der Waals surface area contributed by atoms with Gasteiger partial charge in [0.1, 0.15) is 0 Å². The molecule has 1 aliphatic heterocycles. The molecule has 1 saturated heterocycles. The Kier molecular flexibility index (Phi) is 4.97. The number of hydrogen-bond acceptors (Lipinski definition) is 6. The van der Waals surface area contributed by atoms with E-state index in [1.54, 1.807) is 0 Å². The summed E-state index contributed by atoms with van der Waals surface area (Å²) < 4.78 is 27.0. The van der Waals surface area contributed by atoms with Crippen molar-refractivity contribution in [1.29, 1.82) is 0 Å². The maximum Gasteiger partial charge on any atom is 0.356 e. The molecule has 118 valence electrons. The number of aromatic carboxylic acids is 1. The molecule has 2 heterocycles. The maximum atomic E-state index is 12.3. The highest BCUT2D eigenvalue weighted by Gasteiger charge is 2.30. The van der Waals surface area contributed by atoms with Crippen LogP contribution in [0.3, 0.4) is 0 Å². The lowest BCUT2D eigenvalue weighted by Crippen LogP contribution is -2.46. The maximum absolute atomic E-state index is 12.3. The minimum Gasteiger partial charge on any atom is -0.476 e. The van der Waals surface area contributed by atoms with Crippen LogP contribution < -0.4 is 4.72 Å². The normalized spacial score (nSPS) is 18.2. The van der Waals surface area contributed by atoms with Crippen molar-refractivity contribution in [3.8, 4) is 0 Å². The van der Waals surface area contributed by atoms with E-state index in [-0.39, 0.29) is 10.3 Å². The van der Waals surface area contributed by atoms with E-state index in [9.17, 15) is 13.2 Å². The Balaban J connectivity index is 2.06. The lowest BCUT2D eigenvalue weighted by molar-refractivity contribution is 0.0687. The molecule has 1 aromatic heterocycles. The van der Waals surface area contributed by atoms with Crippen molar-refractivity contribution in [3.63, 3.8) is 0 Å². The smallest absolute Gasteiger partial charge is 0.356 e. The number of rotatable bonds is 5. The molecule has 0 atom stereocenters. The zero-order valence-electron chi connectivity index (χ0n) is 11.9. The van der Waals surface area contributed by atoms with Crippen molar-refractivity contribution in [2.45, 2.75) is 43.0 Å². The standard InChI is InChI=1S/C12H19N3O4S2/c1-8(2)15-5-3-9(4-6-15)14-21(18,19)12-10(11(16)17)13-7-20-12/h7-9,14H,3-6H2,1-2H3,(H,16,17). The van der Waals surface area contributed by atoms with Gasteiger partial charge >= 0.3 is 5.97 Å². The van der Waals surface area contributed by atoms with E-state index in [2.05, 4.69) is 28.5 Å². The van der Waals surface area contributed by atoms with Crippen LogP contribution in [-0.4, -0.2) is 54.6 Å². The largest absolute Gasteiger partial charge is 0.476 e. The van der Waals surface area contributed by atoms with Crippen LogP contribution in [0.25, 0.3) is 0 Å². The van der Waals surface area contributed by atoms with Crippen molar-refractivity contribution < 1.29 is 18.3 Å². The summed E-state index contributed by atoms with van der Waals surface area (Å²) in [6.45, 7) is 5.89. The predicted molar refractivity (Wildman–Crippen MR) is 79.1 cm³/mol. The molecule has 7 nitrogen and oxygen atoms in total. The van der Waals surface area contributed by atoms with Gasteiger partial charge < -0.3 is 10.0 Å². The molecule has 0 unspecified atom stereocenters. The van der Waals surface area contributed by atoms with Gasteiger partial charge in [-0.1, -0.05) is 0 Å². The monoisotopic (exact) mass is 333 g/mol. The third-order valence-corrected chi connectivity index (χ3v) is 6.45. The number of carboxylic acid groups (broad SMARTS) is 1. The lowest BCUT2D eigenvalue weighted by Gasteiger charge is -2.34. The number of thiazole rings is 1. The van der Waals surface area contributed by atoms with Crippen LogP contribution in [0, 0.1) is 0 Å². The summed E-state index contributed by atoms with van der Waals surface area (Å²) in [7, 11) is -3.82. The van der Waals surface area contributed by atoms with Crippen molar-refractivity contribution >= 4 is 27.3 Å². The Hall–Kier alpha value is -1.03. The fourth-order valence-corrected chi connectivity index (χ4v) is 4.84. The Morgan fingerprint density at radius 2 is 2.10 bits per heavy atom. The molecule has 2 N–H and O–H groups in total. The van der Waals surface area contributed by atoms with E-state index in [0.717, 1.165) is 37.3 Å². The Bertz CT molecular complexity index is 604. The lowest BCUT2D eigenvalue weighted by atomic mass is 10.1. The molecule has 1 aromatic rings. The van der Waals surface area contributed by atoms with Gasteiger partial charge in [0.25, 0.3) is 10.0 Å². The second kappa shape index (κ2) is 6.39. The molecule has 2 rings (SSSR count). The van der Waals surface area contributed by atoms with Gasteiger partial charge in [-0.3, -0.25) is 0 Å². The summed E-state index contributed by atoms with van der Waals surface area (Å²) in [6, 6.07) is 0.288. The second-order valence-corrected chi connectivity index (χ2v) is 8.08. The van der Waals surface area contributed by atoms with Crippen LogP contribution in [0.1, 0.15) is 37.2 Å². The number of nitrogens with one attached hydrogen (secondary N) is 1. The molecule has 0 bridgehead atoms. The first-order valence-electron chi connectivity index (χ1n) is 6.74. The van der Waals surface area contributed by atoms with Crippen molar-refractivity contribution in [2.75, 3.05) is 13.1 Å². The molecule has 0 amide bonds. The minimum atomic E-state index is -3.82. The first kappa shape index (κ1) is 16.3. The zero-order valence-corrected chi connectivity index (χ0v) is 13.6. The number of carbonyl (C=O) groups is 1. The van der Waals surface area contributed by atoms with Crippen LogP contribution in [0.4, 0.5) is 0 Å². The highest BCUT2D eigenvalue weighted by atomic mass is 32.2. The quantitative estimate of drug-likeness (QED) is 0.834. The van der Waals surface area contributed by atoms with Crippen LogP contribution in [-0.2, 0) is 10.0 Å². The summed E-state index contributed by atoms with van der Waals surface area (Å²) >= 11 is 0.826. The summed E-state index contributed by atoms with van der Waals surface area (Å²) in [5.41, 5.74) is 0.825. The highest BCUT2D eigenvalue weighted by Crippen LogP contribution is 2.22. The number of sulfonamides is 1. The van der Waals surface area contributed by atoms with E-state index < -0.39 is 21.7 Å². The number of hydrogen-bond donors (Lipinski definition) is 2. The van der Waals surface area contributed by atoms with Crippen LogP contribution in [0.2, 0.25) is 0 Å². The molecule has 1 aliphatic rings. The molecule has 0 saturated carbocycles. The van der Waals surface area contributed by atoms with Gasteiger partial charge in [0.2, 0.25) is 0 Å². The van der Waals surface area contributed by atoms with E-state index >= 15 is 0 Å².